The van der Waals surface area contributed by atoms with Gasteiger partial charge in [-0.15, -0.1) is 0 Å². The van der Waals surface area contributed by atoms with E-state index < -0.39 is 0 Å². The summed E-state index contributed by atoms with van der Waals surface area (Å²) in [6.07, 6.45) is 2.90. The van der Waals surface area contributed by atoms with Gasteiger partial charge in [0.2, 0.25) is 0 Å². The lowest BCUT2D eigenvalue weighted by Crippen LogP contribution is -2.47. The molecule has 1 aromatic rings. The molecule has 0 atom stereocenters. The predicted octanol–water partition coefficient (Wildman–Crippen LogP) is 1.86. The van der Waals surface area contributed by atoms with Crippen LogP contribution >= 0.6 is 0 Å². The summed E-state index contributed by atoms with van der Waals surface area (Å²) in [6.45, 7) is 3.62. The average Bonchev–Trinajstić information content (AvgIpc) is 2.88. The molecule has 1 aromatic carbocycles. The summed E-state index contributed by atoms with van der Waals surface area (Å²) >= 11 is 0. The lowest BCUT2D eigenvalue weighted by molar-refractivity contribution is 0.0741. The van der Waals surface area contributed by atoms with E-state index in [2.05, 4.69) is 17.0 Å². The Morgan fingerprint density at radius 1 is 1.21 bits per heavy atom. The first-order valence-corrected chi connectivity index (χ1v) is 5.33. The first kappa shape index (κ1) is 8.30. The van der Waals surface area contributed by atoms with E-state index in [1.54, 1.807) is 0 Å². The molecule has 0 radical (unpaired) electrons. The topological polar surface area (TPSA) is 29.3 Å². The maximum atomic E-state index is 5.90. The molecule has 1 spiro atoms. The molecule has 1 saturated carbocycles. The van der Waals surface area contributed by atoms with E-state index in [9.17, 15) is 0 Å². The van der Waals surface area contributed by atoms with Gasteiger partial charge >= 0.3 is 0 Å². The van der Waals surface area contributed by atoms with Crippen LogP contribution in [0.2, 0.25) is 0 Å². The van der Waals surface area contributed by atoms with E-state index in [1.807, 2.05) is 12.1 Å². The van der Waals surface area contributed by atoms with E-state index in [4.69, 9.17) is 5.73 Å². The highest BCUT2D eigenvalue weighted by atomic mass is 15.2. The second-order valence-electron chi connectivity index (χ2n) is 4.84. The van der Waals surface area contributed by atoms with E-state index in [-0.39, 0.29) is 0 Å². The number of anilines is 1. The van der Waals surface area contributed by atoms with Gasteiger partial charge in [0.15, 0.2) is 0 Å². The normalized spacial score (nSPS) is 23.4. The van der Waals surface area contributed by atoms with Crippen LogP contribution in [0.3, 0.4) is 0 Å². The Balaban J connectivity index is 1.65. The molecule has 0 bridgehead atoms. The van der Waals surface area contributed by atoms with Crippen molar-refractivity contribution in [2.45, 2.75) is 19.4 Å². The zero-order chi connectivity index (χ0) is 9.60. The first-order chi connectivity index (χ1) is 6.77. The quantitative estimate of drug-likeness (QED) is 0.718. The van der Waals surface area contributed by atoms with Gasteiger partial charge in [0.25, 0.3) is 0 Å². The monoisotopic (exact) mass is 188 g/mol. The van der Waals surface area contributed by atoms with Crippen LogP contribution in [0.5, 0.6) is 0 Å². The Morgan fingerprint density at radius 2 is 1.93 bits per heavy atom. The molecule has 1 saturated heterocycles. The van der Waals surface area contributed by atoms with Crippen LogP contribution < -0.4 is 5.73 Å². The summed E-state index contributed by atoms with van der Waals surface area (Å²) < 4.78 is 0. The molecule has 0 amide bonds. The van der Waals surface area contributed by atoms with Crippen molar-refractivity contribution in [3.8, 4) is 0 Å². The summed E-state index contributed by atoms with van der Waals surface area (Å²) in [5, 5.41) is 0. The van der Waals surface area contributed by atoms with Gasteiger partial charge in [-0.05, 0) is 29.9 Å². The molecule has 1 aliphatic heterocycles. The van der Waals surface area contributed by atoms with E-state index >= 15 is 0 Å². The fourth-order valence-corrected chi connectivity index (χ4v) is 2.43. The van der Waals surface area contributed by atoms with Crippen LogP contribution in [0.1, 0.15) is 18.4 Å². The van der Waals surface area contributed by atoms with Crippen LogP contribution in [0.25, 0.3) is 0 Å². The summed E-state index contributed by atoms with van der Waals surface area (Å²) in [4.78, 5) is 2.50. The SMILES string of the molecule is Nc1ccccc1CN1CC2(CC2)C1. The van der Waals surface area contributed by atoms with Crippen LogP contribution in [0.4, 0.5) is 5.69 Å². The molecule has 2 aliphatic rings. The highest BCUT2D eigenvalue weighted by molar-refractivity contribution is 5.46. The van der Waals surface area contributed by atoms with Gasteiger partial charge in [-0.2, -0.15) is 0 Å². The zero-order valence-corrected chi connectivity index (χ0v) is 8.37. The number of hydrogen-bond donors (Lipinski definition) is 1. The zero-order valence-electron chi connectivity index (χ0n) is 8.37. The lowest BCUT2D eigenvalue weighted by Gasteiger charge is -2.40. The standard InChI is InChI=1S/C12H16N2/c13-11-4-2-1-3-10(11)7-14-8-12(9-14)5-6-12/h1-4H,5-9,13H2. The number of likely N-dealkylation sites (tertiary alicyclic amines) is 1. The van der Waals surface area contributed by atoms with Gasteiger partial charge in [-0.3, -0.25) is 4.90 Å². The second kappa shape index (κ2) is 2.74. The molecular formula is C12H16N2. The van der Waals surface area contributed by atoms with Gasteiger partial charge in [-0.25, -0.2) is 0 Å². The molecular weight excluding hydrogens is 172 g/mol. The Bertz CT molecular complexity index is 347. The number of para-hydroxylation sites is 1. The van der Waals surface area contributed by atoms with Gasteiger partial charge in [0.1, 0.15) is 0 Å². The van der Waals surface area contributed by atoms with Crippen molar-refractivity contribution in [2.24, 2.45) is 5.41 Å². The molecule has 0 unspecified atom stereocenters. The summed E-state index contributed by atoms with van der Waals surface area (Å²) in [6, 6.07) is 8.19. The van der Waals surface area contributed by atoms with Crippen molar-refractivity contribution in [1.29, 1.82) is 0 Å². The van der Waals surface area contributed by atoms with Crippen LogP contribution in [-0.2, 0) is 6.54 Å². The number of nitrogens with zero attached hydrogens (tertiary/aromatic N) is 1. The fourth-order valence-electron chi connectivity index (χ4n) is 2.43. The molecule has 3 rings (SSSR count). The molecule has 2 heteroatoms. The Labute approximate surface area is 84.7 Å². The first-order valence-electron chi connectivity index (χ1n) is 5.33. The van der Waals surface area contributed by atoms with Gasteiger partial charge in [-0.1, -0.05) is 18.2 Å². The number of benzene rings is 1. The number of rotatable bonds is 2. The molecule has 74 valence electrons. The van der Waals surface area contributed by atoms with Gasteiger partial charge < -0.3 is 5.73 Å². The van der Waals surface area contributed by atoms with Crippen LogP contribution in [0.15, 0.2) is 24.3 Å². The number of hydrogen-bond acceptors (Lipinski definition) is 2. The minimum absolute atomic E-state index is 0.754. The van der Waals surface area contributed by atoms with Crippen molar-refractivity contribution in [3.63, 3.8) is 0 Å². The highest BCUT2D eigenvalue weighted by Gasteiger charge is 2.51. The maximum Gasteiger partial charge on any atom is 0.0359 e. The molecule has 2 N–H and O–H groups in total. The van der Waals surface area contributed by atoms with Crippen LogP contribution in [0, 0.1) is 5.41 Å². The summed E-state index contributed by atoms with van der Waals surface area (Å²) in [5.41, 5.74) is 8.87. The number of nitrogens with two attached hydrogens (primary N) is 1. The molecule has 0 aromatic heterocycles. The minimum atomic E-state index is 0.754. The smallest absolute Gasteiger partial charge is 0.0359 e. The Morgan fingerprint density at radius 3 is 2.57 bits per heavy atom. The molecule has 2 fully saturated rings. The van der Waals surface area contributed by atoms with Crippen molar-refractivity contribution in [2.75, 3.05) is 18.8 Å². The summed E-state index contributed by atoms with van der Waals surface area (Å²) in [7, 11) is 0. The number of nitrogen functional groups attached to an aromatic ring is 1. The van der Waals surface area contributed by atoms with E-state index in [0.29, 0.717) is 0 Å². The lowest BCUT2D eigenvalue weighted by atomic mass is 9.96. The second-order valence-corrected chi connectivity index (χ2v) is 4.84. The predicted molar refractivity (Wildman–Crippen MR) is 57.8 cm³/mol. The summed E-state index contributed by atoms with van der Waals surface area (Å²) in [5.74, 6) is 0. The largest absolute Gasteiger partial charge is 0.398 e. The Hall–Kier alpha value is -1.02. The minimum Gasteiger partial charge on any atom is -0.398 e. The third kappa shape index (κ3) is 1.30. The molecule has 1 aliphatic carbocycles. The van der Waals surface area contributed by atoms with Crippen molar-refractivity contribution in [1.82, 2.24) is 4.90 Å². The highest BCUT2D eigenvalue weighted by Crippen LogP contribution is 2.53. The molecule has 2 nitrogen and oxygen atoms in total. The third-order valence-corrected chi connectivity index (χ3v) is 3.52. The van der Waals surface area contributed by atoms with Crippen LogP contribution in [-0.4, -0.2) is 18.0 Å². The fraction of sp³-hybridized carbons (Fsp3) is 0.500. The average molecular weight is 188 g/mol. The van der Waals surface area contributed by atoms with Crippen molar-refractivity contribution in [3.05, 3.63) is 29.8 Å². The third-order valence-electron chi connectivity index (χ3n) is 3.52. The maximum absolute atomic E-state index is 5.90. The molecule has 14 heavy (non-hydrogen) atoms. The Kier molecular flexibility index (Phi) is 1.62. The van der Waals surface area contributed by atoms with Crippen molar-refractivity contribution >= 4 is 5.69 Å². The van der Waals surface area contributed by atoms with E-state index in [1.165, 1.54) is 31.5 Å². The van der Waals surface area contributed by atoms with E-state index in [0.717, 1.165) is 17.6 Å². The molecule has 1 heterocycles. The van der Waals surface area contributed by atoms with Gasteiger partial charge in [0.05, 0.1) is 0 Å². The van der Waals surface area contributed by atoms with Gasteiger partial charge in [0, 0.05) is 25.3 Å². The van der Waals surface area contributed by atoms with Crippen molar-refractivity contribution < 1.29 is 0 Å².